The van der Waals surface area contributed by atoms with Crippen molar-refractivity contribution in [2.45, 2.75) is 6.42 Å². The van der Waals surface area contributed by atoms with Gasteiger partial charge in [0.25, 0.3) is 0 Å². The summed E-state index contributed by atoms with van der Waals surface area (Å²) < 4.78 is 5.42. The average molecular weight is 448 g/mol. The molecule has 4 aromatic rings. The summed E-state index contributed by atoms with van der Waals surface area (Å²) in [7, 11) is 0. The van der Waals surface area contributed by atoms with Gasteiger partial charge in [0.2, 0.25) is 10.6 Å². The van der Waals surface area contributed by atoms with Gasteiger partial charge in [-0.3, -0.25) is 19.1 Å². The first-order valence-electron chi connectivity index (χ1n) is 9.75. The van der Waals surface area contributed by atoms with Gasteiger partial charge in [0, 0.05) is 49.1 Å². The number of Topliss-reactive ketones (excluding diaryl/α,β-unsaturated/α-hetero) is 1. The van der Waals surface area contributed by atoms with Gasteiger partial charge in [0.05, 0.1) is 11.3 Å². The molecule has 1 aliphatic rings. The molecule has 32 heavy (non-hydrogen) atoms. The van der Waals surface area contributed by atoms with Gasteiger partial charge < -0.3 is 10.0 Å². The van der Waals surface area contributed by atoms with Crippen molar-refractivity contribution in [2.24, 2.45) is 5.92 Å². The summed E-state index contributed by atoms with van der Waals surface area (Å²) in [4.78, 5) is 51.6. The molecule has 0 aromatic carbocycles. The van der Waals surface area contributed by atoms with Crippen molar-refractivity contribution >= 4 is 40.1 Å². The molecular formula is C21H16N6O4S. The first kappa shape index (κ1) is 19.9. The van der Waals surface area contributed by atoms with E-state index in [0.717, 1.165) is 17.2 Å². The Hall–Kier alpha value is -3.99. The predicted octanol–water partition coefficient (Wildman–Crippen LogP) is 1.58. The van der Waals surface area contributed by atoms with E-state index in [2.05, 4.69) is 19.3 Å². The van der Waals surface area contributed by atoms with Gasteiger partial charge in [0.1, 0.15) is 23.5 Å². The Morgan fingerprint density at radius 3 is 2.69 bits per heavy atom. The van der Waals surface area contributed by atoms with Crippen molar-refractivity contribution in [3.8, 4) is 5.13 Å². The lowest BCUT2D eigenvalue weighted by atomic mass is 9.92. The molecule has 11 heteroatoms. The number of carboxylic acids is 1. The van der Waals surface area contributed by atoms with Crippen molar-refractivity contribution in [2.75, 3.05) is 18.0 Å². The summed E-state index contributed by atoms with van der Waals surface area (Å²) in [6.45, 7) is 1.03. The van der Waals surface area contributed by atoms with Crippen LogP contribution in [0, 0.1) is 5.92 Å². The number of fused-ring (bicyclic) bond motifs is 1. The number of nitrogens with zero attached hydrogens (tertiary/aromatic N) is 6. The SMILES string of the molecule is O=C(O)c1cn(-c2ncns2)c2nc(N3CC(C(=O)Cc4ccccn4)C3)ccc2c1=O. The summed E-state index contributed by atoms with van der Waals surface area (Å²) in [5, 5.41) is 9.98. The zero-order valence-electron chi connectivity index (χ0n) is 16.6. The highest BCUT2D eigenvalue weighted by molar-refractivity contribution is 7.08. The van der Waals surface area contributed by atoms with Crippen LogP contribution in [0.2, 0.25) is 0 Å². The van der Waals surface area contributed by atoms with Crippen LogP contribution < -0.4 is 10.3 Å². The normalized spacial score (nSPS) is 13.8. The Labute approximate surface area is 185 Å². The molecular weight excluding hydrogens is 432 g/mol. The molecule has 5 rings (SSSR count). The van der Waals surface area contributed by atoms with E-state index in [0.29, 0.717) is 30.5 Å². The highest BCUT2D eigenvalue weighted by Gasteiger charge is 2.33. The van der Waals surface area contributed by atoms with Crippen LogP contribution in [0.25, 0.3) is 16.2 Å². The Morgan fingerprint density at radius 1 is 1.16 bits per heavy atom. The molecule has 10 nitrogen and oxygen atoms in total. The van der Waals surface area contributed by atoms with E-state index in [9.17, 15) is 19.5 Å². The van der Waals surface area contributed by atoms with Crippen LogP contribution in [0.15, 0.2) is 53.8 Å². The standard InChI is InChI=1S/C21H16N6O4S/c28-16(7-13-3-1-2-6-22-13)12-8-26(9-12)17-5-4-14-18(29)15(20(30)31)10-27(19(14)25-17)21-23-11-24-32-21/h1-6,10-12H,7-9H2,(H,30,31). The third-order valence-corrected chi connectivity index (χ3v) is 6.03. The van der Waals surface area contributed by atoms with Crippen LogP contribution in [0.3, 0.4) is 0 Å². The number of aromatic carboxylic acids is 1. The number of hydrogen-bond acceptors (Lipinski definition) is 9. The molecule has 1 N–H and O–H groups in total. The fraction of sp³-hybridized carbons (Fsp3) is 0.190. The van der Waals surface area contributed by atoms with Crippen molar-refractivity contribution in [3.05, 3.63) is 70.5 Å². The van der Waals surface area contributed by atoms with E-state index in [1.807, 2.05) is 23.1 Å². The maximum atomic E-state index is 12.6. The first-order valence-corrected chi connectivity index (χ1v) is 10.5. The molecule has 0 amide bonds. The predicted molar refractivity (Wildman–Crippen MR) is 116 cm³/mol. The zero-order valence-corrected chi connectivity index (χ0v) is 17.4. The number of aromatic nitrogens is 5. The molecule has 0 spiro atoms. The summed E-state index contributed by atoms with van der Waals surface area (Å²) in [6.07, 6.45) is 4.53. The molecule has 5 heterocycles. The number of pyridine rings is 3. The molecule has 0 aliphatic carbocycles. The lowest BCUT2D eigenvalue weighted by Crippen LogP contribution is -2.51. The van der Waals surface area contributed by atoms with Crippen LogP contribution >= 0.6 is 11.5 Å². The van der Waals surface area contributed by atoms with Gasteiger partial charge in [-0.15, -0.1) is 0 Å². The molecule has 1 fully saturated rings. The minimum absolute atomic E-state index is 0.116. The fourth-order valence-corrected chi connectivity index (χ4v) is 4.15. The van der Waals surface area contributed by atoms with E-state index in [1.54, 1.807) is 18.3 Å². The summed E-state index contributed by atoms with van der Waals surface area (Å²) in [5.74, 6) is -0.719. The van der Waals surface area contributed by atoms with Crippen molar-refractivity contribution in [3.63, 3.8) is 0 Å². The minimum Gasteiger partial charge on any atom is -0.477 e. The number of carbonyl (C=O) groups is 2. The number of carboxylic acid groups (broad SMARTS) is 1. The lowest BCUT2D eigenvalue weighted by Gasteiger charge is -2.39. The Morgan fingerprint density at radius 2 is 2.00 bits per heavy atom. The largest absolute Gasteiger partial charge is 0.477 e. The van der Waals surface area contributed by atoms with E-state index < -0.39 is 11.4 Å². The Kier molecular flexibility index (Phi) is 4.94. The molecule has 0 atom stereocenters. The van der Waals surface area contributed by atoms with Crippen LogP contribution in [0.1, 0.15) is 16.1 Å². The maximum absolute atomic E-state index is 12.6. The maximum Gasteiger partial charge on any atom is 0.341 e. The zero-order chi connectivity index (χ0) is 22.2. The number of rotatable bonds is 6. The van der Waals surface area contributed by atoms with Crippen molar-refractivity contribution in [1.29, 1.82) is 0 Å². The molecule has 1 aliphatic heterocycles. The number of carbonyl (C=O) groups excluding carboxylic acids is 1. The van der Waals surface area contributed by atoms with Crippen molar-refractivity contribution in [1.82, 2.24) is 23.9 Å². The monoisotopic (exact) mass is 448 g/mol. The van der Waals surface area contributed by atoms with Crippen LogP contribution in [0.4, 0.5) is 5.82 Å². The second kappa shape index (κ2) is 7.93. The first-order chi connectivity index (χ1) is 15.5. The van der Waals surface area contributed by atoms with Gasteiger partial charge in [-0.1, -0.05) is 6.07 Å². The number of hydrogen-bond donors (Lipinski definition) is 1. The Balaban J connectivity index is 1.43. The minimum atomic E-state index is -1.32. The van der Waals surface area contributed by atoms with Crippen LogP contribution in [0.5, 0.6) is 0 Å². The molecule has 4 aromatic heterocycles. The molecule has 0 radical (unpaired) electrons. The topological polar surface area (TPSA) is 131 Å². The van der Waals surface area contributed by atoms with E-state index in [4.69, 9.17) is 0 Å². The van der Waals surface area contributed by atoms with E-state index in [1.165, 1.54) is 17.1 Å². The fourth-order valence-electron chi connectivity index (χ4n) is 3.64. The second-order valence-corrected chi connectivity index (χ2v) is 8.14. The molecule has 1 saturated heterocycles. The van der Waals surface area contributed by atoms with Gasteiger partial charge in [-0.25, -0.2) is 14.8 Å². The lowest BCUT2D eigenvalue weighted by molar-refractivity contribution is -0.123. The smallest absolute Gasteiger partial charge is 0.341 e. The van der Waals surface area contributed by atoms with Gasteiger partial charge in [-0.05, 0) is 24.3 Å². The molecule has 0 bridgehead atoms. The third-order valence-electron chi connectivity index (χ3n) is 5.36. The summed E-state index contributed by atoms with van der Waals surface area (Å²) >= 11 is 1.06. The Bertz CT molecular complexity index is 1380. The molecule has 0 unspecified atom stereocenters. The molecule has 160 valence electrons. The van der Waals surface area contributed by atoms with Gasteiger partial charge in [-0.2, -0.15) is 4.37 Å². The quantitative estimate of drug-likeness (QED) is 0.467. The van der Waals surface area contributed by atoms with E-state index in [-0.39, 0.29) is 28.3 Å². The second-order valence-electron chi connectivity index (χ2n) is 7.38. The average Bonchev–Trinajstić information content (AvgIpc) is 3.28. The number of anilines is 1. The highest BCUT2D eigenvalue weighted by Crippen LogP contribution is 2.27. The molecule has 0 saturated carbocycles. The third kappa shape index (κ3) is 3.52. The highest BCUT2D eigenvalue weighted by atomic mass is 32.1. The van der Waals surface area contributed by atoms with Crippen molar-refractivity contribution < 1.29 is 14.7 Å². The van der Waals surface area contributed by atoms with E-state index >= 15 is 0 Å². The van der Waals surface area contributed by atoms with Gasteiger partial charge in [0.15, 0.2) is 5.65 Å². The van der Waals surface area contributed by atoms with Crippen LogP contribution in [-0.4, -0.2) is 53.8 Å². The number of ketones is 1. The summed E-state index contributed by atoms with van der Waals surface area (Å²) in [5.41, 5.74) is 0.0540. The summed E-state index contributed by atoms with van der Waals surface area (Å²) in [6, 6.07) is 8.73. The van der Waals surface area contributed by atoms with Gasteiger partial charge >= 0.3 is 5.97 Å². The van der Waals surface area contributed by atoms with Crippen LogP contribution in [-0.2, 0) is 11.2 Å².